The highest BCUT2D eigenvalue weighted by Crippen LogP contribution is 2.14. The minimum atomic E-state index is -0.686. The van der Waals surface area contributed by atoms with Gasteiger partial charge < -0.3 is 5.32 Å². The van der Waals surface area contributed by atoms with E-state index in [-0.39, 0.29) is 5.56 Å². The highest BCUT2D eigenvalue weighted by molar-refractivity contribution is 6.30. The standard InChI is InChI=1S/C12H8ClFN2O/c13-9-1-3-10(4-2-9)16-12(17)8-5-6-15-11(14)7-8/h1-7H,(H,16,17). The number of aromatic nitrogens is 1. The lowest BCUT2D eigenvalue weighted by Crippen LogP contribution is -2.12. The van der Waals surface area contributed by atoms with Crippen molar-refractivity contribution in [3.05, 3.63) is 59.1 Å². The van der Waals surface area contributed by atoms with Crippen molar-refractivity contribution < 1.29 is 9.18 Å². The summed E-state index contributed by atoms with van der Waals surface area (Å²) in [7, 11) is 0. The molecule has 86 valence electrons. The molecule has 1 heterocycles. The molecule has 1 aromatic carbocycles. The first kappa shape index (κ1) is 11.5. The van der Waals surface area contributed by atoms with Crippen LogP contribution in [0, 0.1) is 5.95 Å². The van der Waals surface area contributed by atoms with E-state index in [1.54, 1.807) is 24.3 Å². The van der Waals surface area contributed by atoms with Crippen molar-refractivity contribution in [1.82, 2.24) is 4.98 Å². The first-order valence-corrected chi connectivity index (χ1v) is 5.21. The van der Waals surface area contributed by atoms with Crippen LogP contribution in [-0.2, 0) is 0 Å². The molecule has 2 rings (SSSR count). The van der Waals surface area contributed by atoms with Gasteiger partial charge in [-0.15, -0.1) is 0 Å². The van der Waals surface area contributed by atoms with Crippen molar-refractivity contribution in [2.24, 2.45) is 0 Å². The van der Waals surface area contributed by atoms with Gasteiger partial charge in [0.2, 0.25) is 5.95 Å². The molecule has 2 aromatic rings. The van der Waals surface area contributed by atoms with E-state index < -0.39 is 11.9 Å². The van der Waals surface area contributed by atoms with Gasteiger partial charge in [0.1, 0.15) is 0 Å². The monoisotopic (exact) mass is 250 g/mol. The van der Waals surface area contributed by atoms with Crippen LogP contribution >= 0.6 is 11.6 Å². The van der Waals surface area contributed by atoms with Crippen molar-refractivity contribution in [1.29, 1.82) is 0 Å². The Kier molecular flexibility index (Phi) is 3.35. The normalized spacial score (nSPS) is 10.0. The van der Waals surface area contributed by atoms with Crippen molar-refractivity contribution in [2.75, 3.05) is 5.32 Å². The highest BCUT2D eigenvalue weighted by Gasteiger charge is 2.07. The van der Waals surface area contributed by atoms with E-state index in [4.69, 9.17) is 11.6 Å². The largest absolute Gasteiger partial charge is 0.322 e. The zero-order valence-electron chi connectivity index (χ0n) is 8.65. The predicted molar refractivity (Wildman–Crippen MR) is 63.6 cm³/mol. The lowest BCUT2D eigenvalue weighted by Gasteiger charge is -2.04. The molecular formula is C12H8ClFN2O. The second-order valence-corrected chi connectivity index (χ2v) is 3.76. The summed E-state index contributed by atoms with van der Waals surface area (Å²) in [5.41, 5.74) is 0.809. The summed E-state index contributed by atoms with van der Waals surface area (Å²) in [6.07, 6.45) is 1.24. The van der Waals surface area contributed by atoms with Crippen molar-refractivity contribution in [2.45, 2.75) is 0 Å². The predicted octanol–water partition coefficient (Wildman–Crippen LogP) is 3.13. The summed E-state index contributed by atoms with van der Waals surface area (Å²) in [4.78, 5) is 15.1. The molecule has 0 fully saturated rings. The van der Waals surface area contributed by atoms with E-state index in [0.717, 1.165) is 6.07 Å². The lowest BCUT2D eigenvalue weighted by atomic mass is 10.2. The molecule has 0 spiro atoms. The van der Waals surface area contributed by atoms with Crippen LogP contribution in [0.15, 0.2) is 42.6 Å². The number of pyridine rings is 1. The molecular weight excluding hydrogens is 243 g/mol. The van der Waals surface area contributed by atoms with E-state index in [9.17, 15) is 9.18 Å². The van der Waals surface area contributed by atoms with Gasteiger partial charge >= 0.3 is 0 Å². The van der Waals surface area contributed by atoms with Crippen molar-refractivity contribution in [3.8, 4) is 0 Å². The molecule has 0 radical (unpaired) electrons. The third-order valence-electron chi connectivity index (χ3n) is 2.09. The van der Waals surface area contributed by atoms with Crippen molar-refractivity contribution in [3.63, 3.8) is 0 Å². The molecule has 0 aliphatic carbocycles. The van der Waals surface area contributed by atoms with Crippen LogP contribution in [0.1, 0.15) is 10.4 Å². The minimum absolute atomic E-state index is 0.215. The number of carbonyl (C=O) groups excluding carboxylic acids is 1. The SMILES string of the molecule is O=C(Nc1ccc(Cl)cc1)c1ccnc(F)c1. The van der Waals surface area contributed by atoms with E-state index in [1.165, 1.54) is 12.3 Å². The maximum Gasteiger partial charge on any atom is 0.255 e. The molecule has 5 heteroatoms. The zero-order valence-corrected chi connectivity index (χ0v) is 9.41. The van der Waals surface area contributed by atoms with Gasteiger partial charge in [0.05, 0.1) is 0 Å². The Hall–Kier alpha value is -1.94. The number of rotatable bonds is 2. The van der Waals surface area contributed by atoms with Gasteiger partial charge in [-0.05, 0) is 30.3 Å². The van der Waals surface area contributed by atoms with Crippen LogP contribution in [-0.4, -0.2) is 10.9 Å². The molecule has 1 aromatic heterocycles. The van der Waals surface area contributed by atoms with Crippen LogP contribution in [0.5, 0.6) is 0 Å². The average Bonchev–Trinajstić information content (AvgIpc) is 2.32. The summed E-state index contributed by atoms with van der Waals surface area (Å²) >= 11 is 5.72. The summed E-state index contributed by atoms with van der Waals surface area (Å²) in [5.74, 6) is -1.08. The number of anilines is 1. The topological polar surface area (TPSA) is 42.0 Å². The molecule has 0 saturated heterocycles. The zero-order chi connectivity index (χ0) is 12.3. The molecule has 3 nitrogen and oxygen atoms in total. The maximum atomic E-state index is 12.8. The maximum absolute atomic E-state index is 12.8. The van der Waals surface area contributed by atoms with E-state index in [2.05, 4.69) is 10.3 Å². The van der Waals surface area contributed by atoms with Gasteiger partial charge in [0.15, 0.2) is 0 Å². The van der Waals surface area contributed by atoms with Crippen LogP contribution in [0.4, 0.5) is 10.1 Å². The number of benzene rings is 1. The second kappa shape index (κ2) is 4.93. The van der Waals surface area contributed by atoms with Crippen LogP contribution in [0.2, 0.25) is 5.02 Å². The summed E-state index contributed by atoms with van der Waals surface area (Å²) in [6, 6.07) is 9.16. The molecule has 1 N–H and O–H groups in total. The molecule has 17 heavy (non-hydrogen) atoms. The number of hydrogen-bond acceptors (Lipinski definition) is 2. The van der Waals surface area contributed by atoms with Crippen LogP contribution < -0.4 is 5.32 Å². The van der Waals surface area contributed by atoms with Crippen LogP contribution in [0.25, 0.3) is 0 Å². The fourth-order valence-corrected chi connectivity index (χ4v) is 1.41. The number of carbonyl (C=O) groups is 1. The summed E-state index contributed by atoms with van der Waals surface area (Å²) in [5, 5.41) is 3.20. The first-order valence-electron chi connectivity index (χ1n) is 4.83. The molecule has 0 bridgehead atoms. The lowest BCUT2D eigenvalue weighted by molar-refractivity contribution is 0.102. The molecule has 0 atom stereocenters. The van der Waals surface area contributed by atoms with E-state index in [1.807, 2.05) is 0 Å². The van der Waals surface area contributed by atoms with Crippen molar-refractivity contribution >= 4 is 23.2 Å². The third kappa shape index (κ3) is 3.01. The number of nitrogens with one attached hydrogen (secondary N) is 1. The van der Waals surface area contributed by atoms with Gasteiger partial charge in [0.25, 0.3) is 5.91 Å². The first-order chi connectivity index (χ1) is 8.15. The Balaban J connectivity index is 2.14. The number of nitrogens with zero attached hydrogens (tertiary/aromatic N) is 1. The van der Waals surface area contributed by atoms with Gasteiger partial charge in [0, 0.05) is 28.5 Å². The Morgan fingerprint density at radius 2 is 1.94 bits per heavy atom. The number of amides is 1. The average molecular weight is 251 g/mol. The minimum Gasteiger partial charge on any atom is -0.322 e. The molecule has 0 aliphatic rings. The Morgan fingerprint density at radius 1 is 1.24 bits per heavy atom. The quantitative estimate of drug-likeness (QED) is 0.832. The van der Waals surface area contributed by atoms with Gasteiger partial charge in [-0.2, -0.15) is 4.39 Å². The third-order valence-corrected chi connectivity index (χ3v) is 2.34. The van der Waals surface area contributed by atoms with Crippen LogP contribution in [0.3, 0.4) is 0 Å². The fraction of sp³-hybridized carbons (Fsp3) is 0. The Bertz CT molecular complexity index is 542. The Labute approximate surface area is 102 Å². The molecule has 0 aliphatic heterocycles. The second-order valence-electron chi connectivity index (χ2n) is 3.33. The number of halogens is 2. The van der Waals surface area contributed by atoms with E-state index >= 15 is 0 Å². The van der Waals surface area contributed by atoms with Gasteiger partial charge in [-0.25, -0.2) is 4.98 Å². The molecule has 1 amide bonds. The smallest absolute Gasteiger partial charge is 0.255 e. The molecule has 0 saturated carbocycles. The van der Waals surface area contributed by atoms with Gasteiger partial charge in [-0.1, -0.05) is 11.6 Å². The van der Waals surface area contributed by atoms with Gasteiger partial charge in [-0.3, -0.25) is 4.79 Å². The number of hydrogen-bond donors (Lipinski definition) is 1. The fourth-order valence-electron chi connectivity index (χ4n) is 1.28. The Morgan fingerprint density at radius 3 is 2.59 bits per heavy atom. The molecule has 0 unspecified atom stereocenters. The highest BCUT2D eigenvalue weighted by atomic mass is 35.5. The summed E-state index contributed by atoms with van der Waals surface area (Å²) in [6.45, 7) is 0. The van der Waals surface area contributed by atoms with E-state index in [0.29, 0.717) is 10.7 Å². The summed E-state index contributed by atoms with van der Waals surface area (Å²) < 4.78 is 12.8.